The van der Waals surface area contributed by atoms with E-state index < -0.39 is 26.6 Å². The molecule has 0 aliphatic rings. The zero-order valence-corrected chi connectivity index (χ0v) is 21.0. The maximum atomic E-state index is 13.6. The highest BCUT2D eigenvalue weighted by Gasteiger charge is 2.21. The summed E-state index contributed by atoms with van der Waals surface area (Å²) >= 11 is 0. The number of methoxy groups -OCH3 is 5. The second-order valence-corrected chi connectivity index (χ2v) is 8.96. The minimum Gasteiger partial charge on any atom is -0.493 e. The molecule has 0 heterocycles. The number of nitrogens with one attached hydrogen (secondary N) is 1. The van der Waals surface area contributed by atoms with Crippen LogP contribution in [-0.2, 0) is 10.0 Å². The van der Waals surface area contributed by atoms with Crippen molar-refractivity contribution >= 4 is 27.9 Å². The lowest BCUT2D eigenvalue weighted by Crippen LogP contribution is -2.14. The Bertz CT molecular complexity index is 1370. The molecule has 0 radical (unpaired) electrons. The van der Waals surface area contributed by atoms with E-state index in [1.54, 1.807) is 30.4 Å². The second-order valence-electron chi connectivity index (χ2n) is 7.28. The fraction of sp³-hybridized carbons (Fsp3) is 0.200. The predicted molar refractivity (Wildman–Crippen MR) is 132 cm³/mol. The molecule has 11 heteroatoms. The minimum atomic E-state index is -4.28. The molecule has 0 unspecified atom stereocenters. The lowest BCUT2D eigenvalue weighted by Gasteiger charge is -2.16. The molecular formula is C25H25F2NO7S. The van der Waals surface area contributed by atoms with E-state index in [2.05, 4.69) is 4.72 Å². The van der Waals surface area contributed by atoms with Crippen LogP contribution in [0, 0.1) is 11.6 Å². The molecule has 0 aliphatic heterocycles. The van der Waals surface area contributed by atoms with Gasteiger partial charge in [-0.3, -0.25) is 4.72 Å². The molecular weight excluding hydrogens is 496 g/mol. The average Bonchev–Trinajstić information content (AvgIpc) is 2.87. The third-order valence-electron chi connectivity index (χ3n) is 5.10. The largest absolute Gasteiger partial charge is 0.493 e. The topological polar surface area (TPSA) is 92.3 Å². The molecule has 3 rings (SSSR count). The van der Waals surface area contributed by atoms with Crippen molar-refractivity contribution in [2.45, 2.75) is 4.90 Å². The van der Waals surface area contributed by atoms with Gasteiger partial charge in [-0.05, 0) is 53.6 Å². The van der Waals surface area contributed by atoms with Crippen LogP contribution in [0.2, 0.25) is 0 Å². The fourth-order valence-corrected chi connectivity index (χ4v) is 4.46. The molecule has 8 nitrogen and oxygen atoms in total. The molecule has 0 aromatic heterocycles. The van der Waals surface area contributed by atoms with E-state index in [4.69, 9.17) is 23.7 Å². The molecule has 3 aromatic carbocycles. The highest BCUT2D eigenvalue weighted by molar-refractivity contribution is 7.92. The maximum absolute atomic E-state index is 13.6. The summed E-state index contributed by atoms with van der Waals surface area (Å²) in [6.45, 7) is 0. The van der Waals surface area contributed by atoms with Gasteiger partial charge in [-0.25, -0.2) is 17.2 Å². The Hall–Kier alpha value is -3.99. The summed E-state index contributed by atoms with van der Waals surface area (Å²) in [7, 11) is 2.98. The average molecular weight is 522 g/mol. The first-order valence-corrected chi connectivity index (χ1v) is 11.9. The van der Waals surface area contributed by atoms with Gasteiger partial charge in [0.2, 0.25) is 5.75 Å². The van der Waals surface area contributed by atoms with Gasteiger partial charge in [0.1, 0.15) is 0 Å². The number of rotatable bonds is 10. The monoisotopic (exact) mass is 521 g/mol. The Kier molecular flexibility index (Phi) is 8.25. The predicted octanol–water partition coefficient (Wildman–Crippen LogP) is 4.98. The molecule has 0 saturated heterocycles. The second kappa shape index (κ2) is 11.2. The summed E-state index contributed by atoms with van der Waals surface area (Å²) in [5.41, 5.74) is 1.29. The first-order valence-electron chi connectivity index (χ1n) is 10.4. The van der Waals surface area contributed by atoms with Crippen LogP contribution in [0.15, 0.2) is 47.4 Å². The van der Waals surface area contributed by atoms with Crippen molar-refractivity contribution in [2.24, 2.45) is 0 Å². The van der Waals surface area contributed by atoms with Gasteiger partial charge in [-0.2, -0.15) is 0 Å². The van der Waals surface area contributed by atoms with Crippen molar-refractivity contribution < 1.29 is 40.9 Å². The van der Waals surface area contributed by atoms with Crippen molar-refractivity contribution in [3.8, 4) is 28.7 Å². The van der Waals surface area contributed by atoms with Crippen LogP contribution in [0.3, 0.4) is 0 Å². The molecule has 0 spiro atoms. The van der Waals surface area contributed by atoms with Crippen molar-refractivity contribution in [1.29, 1.82) is 0 Å². The molecule has 36 heavy (non-hydrogen) atoms. The summed E-state index contributed by atoms with van der Waals surface area (Å²) in [5, 5.41) is 0. The van der Waals surface area contributed by atoms with Gasteiger partial charge in [0, 0.05) is 0 Å². The number of hydrogen-bond acceptors (Lipinski definition) is 7. The van der Waals surface area contributed by atoms with Gasteiger partial charge in [-0.15, -0.1) is 0 Å². The number of hydrogen-bond donors (Lipinski definition) is 1. The van der Waals surface area contributed by atoms with Crippen LogP contribution < -0.4 is 28.4 Å². The van der Waals surface area contributed by atoms with Gasteiger partial charge >= 0.3 is 0 Å². The molecule has 0 bridgehead atoms. The van der Waals surface area contributed by atoms with Crippen LogP contribution in [0.1, 0.15) is 11.1 Å². The van der Waals surface area contributed by atoms with E-state index in [0.717, 1.165) is 12.1 Å². The third-order valence-corrected chi connectivity index (χ3v) is 6.47. The quantitative estimate of drug-likeness (QED) is 0.376. The molecule has 1 N–H and O–H groups in total. The normalized spacial score (nSPS) is 11.3. The van der Waals surface area contributed by atoms with E-state index in [0.29, 0.717) is 34.4 Å². The summed E-state index contributed by atoms with van der Waals surface area (Å²) < 4.78 is 81.8. The highest BCUT2D eigenvalue weighted by Crippen LogP contribution is 2.40. The van der Waals surface area contributed by atoms with Crippen molar-refractivity contribution in [3.63, 3.8) is 0 Å². The summed E-state index contributed by atoms with van der Waals surface area (Å²) in [4.78, 5) is -0.458. The van der Waals surface area contributed by atoms with E-state index in [1.807, 2.05) is 0 Å². The van der Waals surface area contributed by atoms with E-state index in [-0.39, 0.29) is 17.2 Å². The number of anilines is 1. The number of ether oxygens (including phenoxy) is 5. The van der Waals surface area contributed by atoms with E-state index in [9.17, 15) is 17.2 Å². The Morgan fingerprint density at radius 2 is 1.17 bits per heavy atom. The molecule has 0 atom stereocenters. The van der Waals surface area contributed by atoms with Crippen LogP contribution in [0.4, 0.5) is 14.5 Å². The smallest absolute Gasteiger partial charge is 0.262 e. The van der Waals surface area contributed by atoms with Gasteiger partial charge < -0.3 is 23.7 Å². The van der Waals surface area contributed by atoms with Gasteiger partial charge in [0.25, 0.3) is 10.0 Å². The molecule has 192 valence electrons. The van der Waals surface area contributed by atoms with E-state index in [1.165, 1.54) is 41.6 Å². The zero-order chi connectivity index (χ0) is 26.5. The molecule has 0 aliphatic carbocycles. The highest BCUT2D eigenvalue weighted by atomic mass is 32.2. The SMILES string of the molecule is COc1cc(C=Cc2cc(OC)c(OC)c(OC)c2)cc(NS(=O)(=O)c2ccc(F)c(F)c2)c1OC. The van der Waals surface area contributed by atoms with Gasteiger partial charge in [-0.1, -0.05) is 12.2 Å². The zero-order valence-electron chi connectivity index (χ0n) is 20.2. The van der Waals surface area contributed by atoms with Gasteiger partial charge in [0.05, 0.1) is 46.1 Å². The van der Waals surface area contributed by atoms with Crippen LogP contribution in [0.5, 0.6) is 28.7 Å². The Balaban J connectivity index is 2.04. The molecule has 3 aromatic rings. The molecule has 0 fully saturated rings. The number of benzene rings is 3. The number of sulfonamides is 1. The Morgan fingerprint density at radius 3 is 1.64 bits per heavy atom. The first-order chi connectivity index (χ1) is 17.2. The number of halogens is 2. The lowest BCUT2D eigenvalue weighted by atomic mass is 10.1. The van der Waals surface area contributed by atoms with Crippen molar-refractivity contribution in [3.05, 3.63) is 65.2 Å². The van der Waals surface area contributed by atoms with E-state index >= 15 is 0 Å². The Labute approximate surface area is 208 Å². The lowest BCUT2D eigenvalue weighted by molar-refractivity contribution is 0.324. The van der Waals surface area contributed by atoms with Crippen LogP contribution in [0.25, 0.3) is 12.2 Å². The van der Waals surface area contributed by atoms with Crippen LogP contribution in [-0.4, -0.2) is 44.0 Å². The maximum Gasteiger partial charge on any atom is 0.262 e. The van der Waals surface area contributed by atoms with Crippen LogP contribution >= 0.6 is 0 Å². The molecule has 0 saturated carbocycles. The van der Waals surface area contributed by atoms with Gasteiger partial charge in [0.15, 0.2) is 34.6 Å². The summed E-state index contributed by atoms with van der Waals surface area (Å²) in [5.74, 6) is -0.734. The minimum absolute atomic E-state index is 0.0334. The fourth-order valence-electron chi connectivity index (χ4n) is 3.40. The third kappa shape index (κ3) is 5.62. The van der Waals surface area contributed by atoms with Crippen molar-refractivity contribution in [1.82, 2.24) is 0 Å². The summed E-state index contributed by atoms with van der Waals surface area (Å²) in [6, 6.07) is 8.92. The summed E-state index contributed by atoms with van der Waals surface area (Å²) in [6.07, 6.45) is 3.46. The Morgan fingerprint density at radius 1 is 0.667 bits per heavy atom. The molecule has 0 amide bonds. The standard InChI is InChI=1S/C25H25F2NO7S/c1-31-21-11-15(6-7-16-12-22(32-2)25(35-5)23(13-16)33-3)10-20(24(21)34-4)28-36(29,30)17-8-9-18(26)19(27)14-17/h6-14,28H,1-5H3. The first kappa shape index (κ1) is 26.6. The van der Waals surface area contributed by atoms with Crippen molar-refractivity contribution in [2.75, 3.05) is 40.3 Å².